The Morgan fingerprint density at radius 3 is 2.67 bits per heavy atom. The van der Waals surface area contributed by atoms with Crippen molar-refractivity contribution in [3.63, 3.8) is 0 Å². The van der Waals surface area contributed by atoms with Crippen LogP contribution in [0.1, 0.15) is 28.8 Å². The molecule has 2 bridgehead atoms. The van der Waals surface area contributed by atoms with Gasteiger partial charge >= 0.3 is 0 Å². The highest BCUT2D eigenvalue weighted by Crippen LogP contribution is 2.27. The summed E-state index contributed by atoms with van der Waals surface area (Å²) < 4.78 is 0. The van der Waals surface area contributed by atoms with Gasteiger partial charge in [0, 0.05) is 23.7 Å². The van der Waals surface area contributed by atoms with Gasteiger partial charge < -0.3 is 21.2 Å². The van der Waals surface area contributed by atoms with Crippen LogP contribution in [-0.2, 0) is 0 Å². The van der Waals surface area contributed by atoms with E-state index >= 15 is 0 Å². The molecule has 1 aromatic rings. The van der Waals surface area contributed by atoms with Gasteiger partial charge in [0.15, 0.2) is 5.84 Å². The largest absolute Gasteiger partial charge is 0.409 e. The maximum absolute atomic E-state index is 12.4. The van der Waals surface area contributed by atoms with E-state index in [4.69, 9.17) is 10.9 Å². The fourth-order valence-electron chi connectivity index (χ4n) is 3.26. The lowest BCUT2D eigenvalue weighted by Crippen LogP contribution is -2.57. The minimum atomic E-state index is -0.0960. The lowest BCUT2D eigenvalue weighted by molar-refractivity contribution is 0.0620. The van der Waals surface area contributed by atoms with Gasteiger partial charge in [0.1, 0.15) is 0 Å². The Labute approximate surface area is 123 Å². The van der Waals surface area contributed by atoms with Gasteiger partial charge in [0.25, 0.3) is 5.91 Å². The first-order valence-electron chi connectivity index (χ1n) is 7.28. The fraction of sp³-hybridized carbons (Fsp3) is 0.467. The molecule has 0 saturated carbocycles. The first-order chi connectivity index (χ1) is 10.2. The van der Waals surface area contributed by atoms with Gasteiger partial charge in [0.2, 0.25) is 0 Å². The number of nitrogens with two attached hydrogens (primary N) is 1. The van der Waals surface area contributed by atoms with Gasteiger partial charge in [-0.3, -0.25) is 4.79 Å². The Bertz CT molecular complexity index is 565. The van der Waals surface area contributed by atoms with E-state index in [0.717, 1.165) is 32.5 Å². The van der Waals surface area contributed by atoms with E-state index in [2.05, 4.69) is 15.4 Å². The molecule has 1 unspecified atom stereocenters. The van der Waals surface area contributed by atoms with Gasteiger partial charge in [-0.05, 0) is 44.0 Å². The van der Waals surface area contributed by atoms with Crippen molar-refractivity contribution in [2.24, 2.45) is 16.8 Å². The number of fused-ring (bicyclic) bond motifs is 3. The molecule has 4 rings (SSSR count). The highest BCUT2D eigenvalue weighted by atomic mass is 16.4. The number of piperidine rings is 3. The molecule has 21 heavy (non-hydrogen) atoms. The lowest BCUT2D eigenvalue weighted by Gasteiger charge is -2.44. The summed E-state index contributed by atoms with van der Waals surface area (Å²) in [6.45, 7) is 3.24. The number of amidine groups is 1. The molecule has 1 aromatic carbocycles. The van der Waals surface area contributed by atoms with Crippen molar-refractivity contribution in [3.05, 3.63) is 35.4 Å². The van der Waals surface area contributed by atoms with Crippen LogP contribution in [0.3, 0.4) is 0 Å². The molecule has 3 heterocycles. The van der Waals surface area contributed by atoms with Crippen LogP contribution in [0.2, 0.25) is 0 Å². The van der Waals surface area contributed by atoms with Crippen molar-refractivity contribution in [1.29, 1.82) is 0 Å². The molecule has 4 N–H and O–H groups in total. The minimum absolute atomic E-state index is 0.00693. The van der Waals surface area contributed by atoms with E-state index in [0.29, 0.717) is 17.0 Å². The van der Waals surface area contributed by atoms with Crippen molar-refractivity contribution in [2.45, 2.75) is 18.9 Å². The average Bonchev–Trinajstić information content (AvgIpc) is 2.55. The summed E-state index contributed by atoms with van der Waals surface area (Å²) in [6.07, 6.45) is 2.32. The lowest BCUT2D eigenvalue weighted by atomic mass is 9.84. The Morgan fingerprint density at radius 2 is 2.05 bits per heavy atom. The number of hydrogen-bond donors (Lipinski definition) is 3. The first kappa shape index (κ1) is 13.9. The van der Waals surface area contributed by atoms with Crippen LogP contribution in [0.15, 0.2) is 29.4 Å². The van der Waals surface area contributed by atoms with Gasteiger partial charge in [-0.25, -0.2) is 0 Å². The summed E-state index contributed by atoms with van der Waals surface area (Å²) in [4.78, 5) is 14.8. The van der Waals surface area contributed by atoms with E-state index in [-0.39, 0.29) is 17.8 Å². The number of benzene rings is 1. The molecule has 1 atom stereocenters. The van der Waals surface area contributed by atoms with Crippen molar-refractivity contribution in [1.82, 2.24) is 10.2 Å². The Balaban J connectivity index is 1.71. The number of rotatable bonds is 3. The zero-order valence-electron chi connectivity index (χ0n) is 11.8. The van der Waals surface area contributed by atoms with Crippen LogP contribution in [0, 0.1) is 5.92 Å². The number of carbonyl (C=O) groups excluding carboxylic acids is 1. The second-order valence-corrected chi connectivity index (χ2v) is 5.78. The quantitative estimate of drug-likeness (QED) is 0.329. The molecule has 112 valence electrons. The smallest absolute Gasteiger partial charge is 0.251 e. The average molecular weight is 288 g/mol. The highest BCUT2D eigenvalue weighted by molar-refractivity contribution is 6.01. The van der Waals surface area contributed by atoms with Gasteiger partial charge in [-0.1, -0.05) is 17.3 Å². The van der Waals surface area contributed by atoms with Crippen LogP contribution in [-0.4, -0.2) is 47.5 Å². The van der Waals surface area contributed by atoms with Crippen molar-refractivity contribution in [2.75, 3.05) is 19.6 Å². The number of nitrogens with one attached hydrogen (secondary N) is 1. The van der Waals surface area contributed by atoms with Crippen molar-refractivity contribution >= 4 is 11.7 Å². The predicted octanol–water partition coefficient (Wildman–Crippen LogP) is 0.605. The van der Waals surface area contributed by atoms with E-state index in [9.17, 15) is 4.79 Å². The summed E-state index contributed by atoms with van der Waals surface area (Å²) in [5.74, 6) is 0.500. The fourth-order valence-corrected chi connectivity index (χ4v) is 3.26. The van der Waals surface area contributed by atoms with Crippen LogP contribution < -0.4 is 11.1 Å². The molecule has 3 aliphatic heterocycles. The molecule has 6 heteroatoms. The first-order valence-corrected chi connectivity index (χ1v) is 7.28. The summed E-state index contributed by atoms with van der Waals surface area (Å²) in [5, 5.41) is 14.8. The Morgan fingerprint density at radius 1 is 1.33 bits per heavy atom. The van der Waals surface area contributed by atoms with Crippen LogP contribution in [0.25, 0.3) is 0 Å². The second kappa shape index (κ2) is 5.73. The standard InChI is InChI=1S/C15H20N4O2/c16-14(18-21)11-2-1-3-12(8-11)15(20)17-13-9-19-6-4-10(13)5-7-19/h1-3,8,10,13,21H,4-7,9H2,(H2,16,18)(H,17,20). The van der Waals surface area contributed by atoms with E-state index in [1.165, 1.54) is 0 Å². The van der Waals surface area contributed by atoms with Crippen molar-refractivity contribution < 1.29 is 10.0 Å². The molecular weight excluding hydrogens is 268 g/mol. The second-order valence-electron chi connectivity index (χ2n) is 5.78. The van der Waals surface area contributed by atoms with Gasteiger partial charge in [-0.2, -0.15) is 0 Å². The molecule has 1 amide bonds. The molecule has 3 aliphatic rings. The topological polar surface area (TPSA) is 91.0 Å². The summed E-state index contributed by atoms with van der Waals surface area (Å²) in [7, 11) is 0. The maximum Gasteiger partial charge on any atom is 0.251 e. The number of nitrogens with zero attached hydrogens (tertiary/aromatic N) is 2. The third-order valence-corrected chi connectivity index (χ3v) is 4.50. The molecule has 6 nitrogen and oxygen atoms in total. The summed E-state index contributed by atoms with van der Waals surface area (Å²) >= 11 is 0. The molecule has 0 aromatic heterocycles. The monoisotopic (exact) mass is 288 g/mol. The summed E-state index contributed by atoms with van der Waals surface area (Å²) in [5.41, 5.74) is 6.64. The van der Waals surface area contributed by atoms with Crippen LogP contribution in [0.4, 0.5) is 0 Å². The normalized spacial score (nSPS) is 28.4. The Kier molecular flexibility index (Phi) is 3.79. The number of amides is 1. The molecule has 0 radical (unpaired) electrons. The minimum Gasteiger partial charge on any atom is -0.409 e. The number of hydrogen-bond acceptors (Lipinski definition) is 4. The third-order valence-electron chi connectivity index (χ3n) is 4.50. The predicted molar refractivity (Wildman–Crippen MR) is 79.4 cm³/mol. The molecule has 0 spiro atoms. The molecule has 3 fully saturated rings. The van der Waals surface area contributed by atoms with Crippen molar-refractivity contribution in [3.8, 4) is 0 Å². The van der Waals surface area contributed by atoms with Crippen LogP contribution >= 0.6 is 0 Å². The molecule has 0 aliphatic carbocycles. The highest BCUT2D eigenvalue weighted by Gasteiger charge is 2.34. The maximum atomic E-state index is 12.4. The van der Waals surface area contributed by atoms with Crippen LogP contribution in [0.5, 0.6) is 0 Å². The molecule has 3 saturated heterocycles. The SMILES string of the molecule is N/C(=N\O)c1cccc(C(=O)NC2CN3CCC2CC3)c1. The third kappa shape index (κ3) is 2.85. The number of oxime groups is 1. The van der Waals surface area contributed by atoms with Gasteiger partial charge in [-0.15, -0.1) is 0 Å². The van der Waals surface area contributed by atoms with E-state index in [1.807, 2.05) is 0 Å². The Hall–Kier alpha value is -2.08. The summed E-state index contributed by atoms with van der Waals surface area (Å²) in [6, 6.07) is 7.06. The van der Waals surface area contributed by atoms with E-state index < -0.39 is 0 Å². The number of carbonyl (C=O) groups is 1. The zero-order valence-corrected chi connectivity index (χ0v) is 11.8. The van der Waals surface area contributed by atoms with E-state index in [1.54, 1.807) is 24.3 Å². The van der Waals surface area contributed by atoms with Gasteiger partial charge in [0.05, 0.1) is 0 Å². The molecular formula is C15H20N4O2. The zero-order chi connectivity index (χ0) is 14.8.